The van der Waals surface area contributed by atoms with Crippen molar-refractivity contribution in [1.29, 1.82) is 0 Å². The Morgan fingerprint density at radius 3 is 2.34 bits per heavy atom. The summed E-state index contributed by atoms with van der Waals surface area (Å²) in [5, 5.41) is 0. The normalized spacial score (nSPS) is 29.8. The SMILES string of the molecule is CCOC(=O)/C=C/[C@H]1[C@H](C)C[C@@H](C)[C@H](CC2(C)OCCO2)N1C(=O)OC(C)(C)C. The van der Waals surface area contributed by atoms with Gasteiger partial charge in [0.2, 0.25) is 0 Å². The number of amides is 1. The van der Waals surface area contributed by atoms with E-state index in [1.54, 1.807) is 17.9 Å². The van der Waals surface area contributed by atoms with Gasteiger partial charge in [-0.15, -0.1) is 0 Å². The van der Waals surface area contributed by atoms with E-state index in [-0.39, 0.29) is 30.0 Å². The summed E-state index contributed by atoms with van der Waals surface area (Å²) in [5.41, 5.74) is -0.620. The molecule has 4 atom stereocenters. The molecule has 0 saturated carbocycles. The molecule has 0 spiro atoms. The second kappa shape index (κ2) is 9.47. The number of piperidine rings is 1. The van der Waals surface area contributed by atoms with Gasteiger partial charge < -0.3 is 18.9 Å². The van der Waals surface area contributed by atoms with Crippen LogP contribution in [0.5, 0.6) is 0 Å². The molecule has 2 aliphatic heterocycles. The predicted octanol–water partition coefficient (Wildman–Crippen LogP) is 3.91. The highest BCUT2D eigenvalue weighted by atomic mass is 16.7. The summed E-state index contributed by atoms with van der Waals surface area (Å²) in [6.45, 7) is 14.9. The number of carbonyl (C=O) groups is 2. The average molecular weight is 412 g/mol. The van der Waals surface area contributed by atoms with E-state index in [1.165, 1.54) is 6.08 Å². The molecule has 2 saturated heterocycles. The highest BCUT2D eigenvalue weighted by Crippen LogP contribution is 2.39. The van der Waals surface area contributed by atoms with Crippen molar-refractivity contribution >= 4 is 12.1 Å². The van der Waals surface area contributed by atoms with E-state index in [0.717, 1.165) is 6.42 Å². The van der Waals surface area contributed by atoms with Crippen molar-refractivity contribution in [3.63, 3.8) is 0 Å². The lowest BCUT2D eigenvalue weighted by molar-refractivity contribution is -0.165. The maximum Gasteiger partial charge on any atom is 0.411 e. The van der Waals surface area contributed by atoms with Gasteiger partial charge in [0.25, 0.3) is 0 Å². The van der Waals surface area contributed by atoms with Crippen molar-refractivity contribution in [1.82, 2.24) is 4.90 Å². The van der Waals surface area contributed by atoms with Crippen molar-refractivity contribution in [2.24, 2.45) is 11.8 Å². The lowest BCUT2D eigenvalue weighted by Gasteiger charge is -2.49. The molecule has 0 aromatic heterocycles. The molecule has 7 heteroatoms. The molecule has 0 aromatic carbocycles. The van der Waals surface area contributed by atoms with Crippen LogP contribution in [-0.4, -0.2) is 60.3 Å². The highest BCUT2D eigenvalue weighted by Gasteiger charge is 2.46. The summed E-state index contributed by atoms with van der Waals surface area (Å²) in [4.78, 5) is 26.9. The Kier molecular flexibility index (Phi) is 7.74. The van der Waals surface area contributed by atoms with E-state index in [1.807, 2.05) is 27.7 Å². The minimum atomic E-state index is -0.727. The van der Waals surface area contributed by atoms with E-state index >= 15 is 0 Å². The standard InChI is InChI=1S/C22H37NO6/c1-8-26-19(24)10-9-17-15(2)13-16(3)18(14-22(7)27-11-12-28-22)23(17)20(25)29-21(4,5)6/h9-10,15-18H,8,11-14H2,1-7H3/b10-9+/t15-,16-,17+,18+/m1/s1. The first-order valence-electron chi connectivity index (χ1n) is 10.6. The molecule has 0 N–H and O–H groups in total. The zero-order valence-electron chi connectivity index (χ0n) is 18.9. The number of rotatable bonds is 5. The van der Waals surface area contributed by atoms with E-state index in [4.69, 9.17) is 18.9 Å². The fraction of sp³-hybridized carbons (Fsp3) is 0.818. The minimum Gasteiger partial charge on any atom is -0.463 e. The monoisotopic (exact) mass is 411 g/mol. The number of hydrogen-bond acceptors (Lipinski definition) is 6. The molecule has 2 rings (SSSR count). The Morgan fingerprint density at radius 1 is 1.17 bits per heavy atom. The maximum absolute atomic E-state index is 13.2. The molecule has 29 heavy (non-hydrogen) atoms. The molecule has 0 bridgehead atoms. The van der Waals surface area contributed by atoms with Gasteiger partial charge in [-0.05, 0) is 52.9 Å². The molecule has 1 amide bonds. The van der Waals surface area contributed by atoms with Gasteiger partial charge in [-0.2, -0.15) is 0 Å². The number of carbonyl (C=O) groups excluding carboxylic acids is 2. The Balaban J connectivity index is 2.34. The smallest absolute Gasteiger partial charge is 0.411 e. The van der Waals surface area contributed by atoms with Crippen LogP contribution in [-0.2, 0) is 23.7 Å². The van der Waals surface area contributed by atoms with Crippen LogP contribution in [0, 0.1) is 11.8 Å². The van der Waals surface area contributed by atoms with Crippen molar-refractivity contribution in [2.75, 3.05) is 19.8 Å². The third-order valence-corrected chi connectivity index (χ3v) is 5.46. The summed E-state index contributed by atoms with van der Waals surface area (Å²) in [5.74, 6) is -0.740. The van der Waals surface area contributed by atoms with Crippen molar-refractivity contribution in [3.05, 3.63) is 12.2 Å². The van der Waals surface area contributed by atoms with Crippen LogP contribution in [0.25, 0.3) is 0 Å². The quantitative estimate of drug-likeness (QED) is 0.504. The second-order valence-corrected chi connectivity index (χ2v) is 9.28. The fourth-order valence-corrected chi connectivity index (χ4v) is 4.23. The van der Waals surface area contributed by atoms with Gasteiger partial charge in [-0.25, -0.2) is 9.59 Å². The van der Waals surface area contributed by atoms with Gasteiger partial charge >= 0.3 is 12.1 Å². The van der Waals surface area contributed by atoms with Gasteiger partial charge in [0.05, 0.1) is 25.9 Å². The fourth-order valence-electron chi connectivity index (χ4n) is 4.23. The van der Waals surface area contributed by atoms with Gasteiger partial charge in [-0.3, -0.25) is 4.90 Å². The molecule has 2 aliphatic rings. The molecule has 2 heterocycles. The van der Waals surface area contributed by atoms with Gasteiger partial charge in [0.1, 0.15) is 5.60 Å². The summed E-state index contributed by atoms with van der Waals surface area (Å²) in [6, 6.07) is -0.415. The van der Waals surface area contributed by atoms with Gasteiger partial charge in [-0.1, -0.05) is 19.9 Å². The summed E-state index contributed by atoms with van der Waals surface area (Å²) in [7, 11) is 0. The zero-order valence-corrected chi connectivity index (χ0v) is 18.9. The van der Waals surface area contributed by atoms with E-state index in [0.29, 0.717) is 26.2 Å². The zero-order chi connectivity index (χ0) is 21.8. The molecule has 0 radical (unpaired) electrons. The van der Waals surface area contributed by atoms with Crippen LogP contribution in [0.1, 0.15) is 61.3 Å². The van der Waals surface area contributed by atoms with Crippen LogP contribution in [0.3, 0.4) is 0 Å². The van der Waals surface area contributed by atoms with Gasteiger partial charge in [0.15, 0.2) is 5.79 Å². The number of likely N-dealkylation sites (tertiary alicyclic amines) is 1. The number of esters is 1. The number of hydrogen-bond donors (Lipinski definition) is 0. The summed E-state index contributed by atoms with van der Waals surface area (Å²) in [6.07, 6.45) is 4.26. The Bertz CT molecular complexity index is 605. The maximum atomic E-state index is 13.2. The Morgan fingerprint density at radius 2 is 1.79 bits per heavy atom. The van der Waals surface area contributed by atoms with Gasteiger partial charge in [0, 0.05) is 18.5 Å². The first-order chi connectivity index (χ1) is 13.5. The number of ether oxygens (including phenoxy) is 4. The summed E-state index contributed by atoms with van der Waals surface area (Å²) >= 11 is 0. The van der Waals surface area contributed by atoms with Crippen LogP contribution < -0.4 is 0 Å². The molecule has 166 valence electrons. The van der Waals surface area contributed by atoms with Crippen LogP contribution >= 0.6 is 0 Å². The van der Waals surface area contributed by atoms with Crippen molar-refractivity contribution in [3.8, 4) is 0 Å². The predicted molar refractivity (Wildman–Crippen MR) is 109 cm³/mol. The number of nitrogens with zero attached hydrogens (tertiary/aromatic N) is 1. The Hall–Kier alpha value is -1.60. The van der Waals surface area contributed by atoms with Crippen molar-refractivity contribution in [2.45, 2.75) is 84.8 Å². The molecule has 0 aliphatic carbocycles. The highest BCUT2D eigenvalue weighted by molar-refractivity contribution is 5.82. The Labute approximate surface area is 174 Å². The van der Waals surface area contributed by atoms with E-state index in [2.05, 4.69) is 13.8 Å². The largest absolute Gasteiger partial charge is 0.463 e. The average Bonchev–Trinajstić information content (AvgIpc) is 3.01. The third-order valence-electron chi connectivity index (χ3n) is 5.46. The van der Waals surface area contributed by atoms with Crippen molar-refractivity contribution < 1.29 is 28.5 Å². The third kappa shape index (κ3) is 6.44. The summed E-state index contributed by atoms with van der Waals surface area (Å²) < 4.78 is 22.4. The first-order valence-corrected chi connectivity index (χ1v) is 10.6. The lowest BCUT2D eigenvalue weighted by atomic mass is 9.78. The first kappa shape index (κ1) is 23.7. The molecule has 0 unspecified atom stereocenters. The second-order valence-electron chi connectivity index (χ2n) is 9.28. The van der Waals surface area contributed by atoms with Crippen LogP contribution in [0.2, 0.25) is 0 Å². The molecule has 0 aromatic rings. The molecule has 2 fully saturated rings. The van der Waals surface area contributed by atoms with Crippen LogP contribution in [0.4, 0.5) is 4.79 Å². The van der Waals surface area contributed by atoms with E-state index < -0.39 is 17.4 Å². The molecule has 7 nitrogen and oxygen atoms in total. The van der Waals surface area contributed by atoms with E-state index in [9.17, 15) is 9.59 Å². The molecular formula is C22H37NO6. The van der Waals surface area contributed by atoms with Crippen LogP contribution in [0.15, 0.2) is 12.2 Å². The molecular weight excluding hydrogens is 374 g/mol. The topological polar surface area (TPSA) is 74.3 Å². The minimum absolute atomic E-state index is 0.138. The lowest BCUT2D eigenvalue weighted by Crippen LogP contribution is -2.58.